The standard InChI is InChI=1S/C17H30O6Si/c1-11(2)24(12(3)4,13(5)6)23-16(20)8-9-22-17(21)14(7)10-15(18)19/h10-13H,8-9H2,1-7H3,(H,18,19)/b14-10+. The van der Waals surface area contributed by atoms with Crippen LogP contribution in [0.25, 0.3) is 0 Å². The molecule has 0 atom stereocenters. The highest BCUT2D eigenvalue weighted by atomic mass is 28.4. The van der Waals surface area contributed by atoms with Crippen LogP contribution in [0.4, 0.5) is 0 Å². The maximum Gasteiger partial charge on any atom is 0.333 e. The van der Waals surface area contributed by atoms with E-state index in [-0.39, 0.29) is 41.2 Å². The van der Waals surface area contributed by atoms with Gasteiger partial charge in [0.05, 0.1) is 6.42 Å². The minimum Gasteiger partial charge on any atom is -0.518 e. The van der Waals surface area contributed by atoms with Crippen LogP contribution in [0.2, 0.25) is 16.6 Å². The van der Waals surface area contributed by atoms with Gasteiger partial charge in [0.25, 0.3) is 14.3 Å². The topological polar surface area (TPSA) is 89.9 Å². The Morgan fingerprint density at radius 2 is 1.46 bits per heavy atom. The Bertz CT molecular complexity index is 472. The molecule has 0 aliphatic carbocycles. The first-order valence-corrected chi connectivity index (χ1v) is 10.4. The molecule has 0 fully saturated rings. The Kier molecular flexibility index (Phi) is 8.96. The molecule has 0 saturated carbocycles. The lowest BCUT2D eigenvalue weighted by Crippen LogP contribution is -2.49. The minimum absolute atomic E-state index is 0.0221. The van der Waals surface area contributed by atoms with Gasteiger partial charge in [0, 0.05) is 11.6 Å². The lowest BCUT2D eigenvalue weighted by Gasteiger charge is -2.41. The van der Waals surface area contributed by atoms with Crippen molar-refractivity contribution < 1.29 is 28.7 Å². The molecule has 0 bridgehead atoms. The number of ether oxygens (including phenoxy) is 1. The number of rotatable bonds is 9. The van der Waals surface area contributed by atoms with Crippen molar-refractivity contribution in [3.8, 4) is 0 Å². The second kappa shape index (κ2) is 9.61. The SMILES string of the molecule is C/C(=C\C(=O)O)C(=O)OCCC(=O)O[Si](C(C)C)(C(C)C)C(C)C. The molecule has 0 unspecified atom stereocenters. The molecule has 0 saturated heterocycles. The van der Waals surface area contributed by atoms with E-state index in [0.717, 1.165) is 6.08 Å². The third-order valence-corrected chi connectivity index (χ3v) is 10.2. The summed E-state index contributed by atoms with van der Waals surface area (Å²) in [6.45, 7) is 13.7. The first kappa shape index (κ1) is 22.4. The molecule has 0 amide bonds. The number of aliphatic carboxylic acids is 1. The number of hydrogen-bond acceptors (Lipinski definition) is 5. The van der Waals surface area contributed by atoms with Gasteiger partial charge in [-0.2, -0.15) is 0 Å². The molecule has 0 aromatic carbocycles. The Morgan fingerprint density at radius 1 is 1.00 bits per heavy atom. The molecule has 0 aliphatic rings. The first-order chi connectivity index (χ1) is 10.9. The molecule has 0 aromatic rings. The van der Waals surface area contributed by atoms with E-state index in [9.17, 15) is 14.4 Å². The second-order valence-corrected chi connectivity index (χ2v) is 12.2. The molecule has 7 heteroatoms. The summed E-state index contributed by atoms with van der Waals surface area (Å²) in [5.74, 6) is -2.33. The van der Waals surface area contributed by atoms with Crippen molar-refractivity contribution in [2.24, 2.45) is 0 Å². The zero-order valence-electron chi connectivity index (χ0n) is 15.7. The van der Waals surface area contributed by atoms with E-state index in [0.29, 0.717) is 0 Å². The summed E-state index contributed by atoms with van der Waals surface area (Å²) in [5.41, 5.74) is 0.824. The van der Waals surface area contributed by atoms with Crippen molar-refractivity contribution in [3.05, 3.63) is 11.6 Å². The Balaban J connectivity index is 4.73. The van der Waals surface area contributed by atoms with Crippen LogP contribution in [0.15, 0.2) is 11.6 Å². The Hall–Kier alpha value is -1.63. The molecule has 0 aromatic heterocycles. The summed E-state index contributed by atoms with van der Waals surface area (Å²) in [4.78, 5) is 34.3. The zero-order chi connectivity index (χ0) is 19.1. The van der Waals surface area contributed by atoms with Gasteiger partial charge in [-0.05, 0) is 23.5 Å². The van der Waals surface area contributed by atoms with E-state index in [2.05, 4.69) is 41.5 Å². The molecule has 0 spiro atoms. The van der Waals surface area contributed by atoms with Gasteiger partial charge < -0.3 is 14.3 Å². The van der Waals surface area contributed by atoms with Crippen molar-refractivity contribution in [2.75, 3.05) is 6.61 Å². The highest BCUT2D eigenvalue weighted by molar-refractivity contribution is 6.78. The highest BCUT2D eigenvalue weighted by Crippen LogP contribution is 2.42. The van der Waals surface area contributed by atoms with Crippen LogP contribution < -0.4 is 0 Å². The van der Waals surface area contributed by atoms with Crippen molar-refractivity contribution >= 4 is 26.2 Å². The fraction of sp³-hybridized carbons (Fsp3) is 0.706. The van der Waals surface area contributed by atoms with Gasteiger partial charge in [-0.15, -0.1) is 0 Å². The molecule has 0 radical (unpaired) electrons. The number of hydrogen-bond donors (Lipinski definition) is 1. The highest BCUT2D eigenvalue weighted by Gasteiger charge is 2.48. The molecule has 138 valence electrons. The fourth-order valence-corrected chi connectivity index (χ4v) is 8.39. The summed E-state index contributed by atoms with van der Waals surface area (Å²) in [5, 5.41) is 8.58. The molecule has 0 heterocycles. The van der Waals surface area contributed by atoms with Crippen LogP contribution in [0.3, 0.4) is 0 Å². The van der Waals surface area contributed by atoms with E-state index in [1.54, 1.807) is 0 Å². The van der Waals surface area contributed by atoms with Crippen molar-refractivity contribution in [2.45, 2.75) is 71.5 Å². The Labute approximate surface area is 145 Å². The van der Waals surface area contributed by atoms with Gasteiger partial charge in [0.15, 0.2) is 0 Å². The predicted molar refractivity (Wildman–Crippen MR) is 94.1 cm³/mol. The summed E-state index contributed by atoms with van der Waals surface area (Å²) >= 11 is 0. The van der Waals surface area contributed by atoms with Gasteiger partial charge in [0.2, 0.25) is 0 Å². The van der Waals surface area contributed by atoms with Gasteiger partial charge >= 0.3 is 11.9 Å². The van der Waals surface area contributed by atoms with Gasteiger partial charge in [0.1, 0.15) is 6.61 Å². The monoisotopic (exact) mass is 358 g/mol. The average Bonchev–Trinajstić information content (AvgIpc) is 2.42. The maximum atomic E-state index is 12.2. The third kappa shape index (κ3) is 6.11. The molecule has 24 heavy (non-hydrogen) atoms. The summed E-state index contributed by atoms with van der Waals surface area (Å²) in [6.07, 6.45) is 0.738. The van der Waals surface area contributed by atoms with Gasteiger partial charge in [-0.3, -0.25) is 4.79 Å². The van der Waals surface area contributed by atoms with Crippen LogP contribution in [0.1, 0.15) is 54.9 Å². The predicted octanol–water partition coefficient (Wildman–Crippen LogP) is 3.67. The lowest BCUT2D eigenvalue weighted by molar-refractivity contribution is -0.143. The van der Waals surface area contributed by atoms with E-state index in [4.69, 9.17) is 14.3 Å². The number of carbonyl (C=O) groups is 3. The van der Waals surface area contributed by atoms with E-state index >= 15 is 0 Å². The van der Waals surface area contributed by atoms with Gasteiger partial charge in [-0.25, -0.2) is 9.59 Å². The summed E-state index contributed by atoms with van der Waals surface area (Å²) < 4.78 is 10.8. The zero-order valence-corrected chi connectivity index (χ0v) is 16.7. The largest absolute Gasteiger partial charge is 0.518 e. The van der Waals surface area contributed by atoms with Crippen LogP contribution in [0.5, 0.6) is 0 Å². The van der Waals surface area contributed by atoms with E-state index < -0.39 is 20.3 Å². The smallest absolute Gasteiger partial charge is 0.333 e. The Morgan fingerprint density at radius 3 is 1.83 bits per heavy atom. The summed E-state index contributed by atoms with van der Waals surface area (Å²) in [7, 11) is -2.29. The van der Waals surface area contributed by atoms with Crippen molar-refractivity contribution in [3.63, 3.8) is 0 Å². The maximum absolute atomic E-state index is 12.2. The van der Waals surface area contributed by atoms with E-state index in [1.807, 2.05) is 0 Å². The average molecular weight is 359 g/mol. The van der Waals surface area contributed by atoms with Crippen LogP contribution in [-0.4, -0.2) is 37.9 Å². The van der Waals surface area contributed by atoms with Crippen LogP contribution in [0, 0.1) is 0 Å². The quantitative estimate of drug-likeness (QED) is 0.384. The minimum atomic E-state index is -2.29. The van der Waals surface area contributed by atoms with Gasteiger partial charge in [-0.1, -0.05) is 41.5 Å². The van der Waals surface area contributed by atoms with E-state index in [1.165, 1.54) is 6.92 Å². The molecule has 6 nitrogen and oxygen atoms in total. The lowest BCUT2D eigenvalue weighted by atomic mass is 10.3. The number of esters is 1. The molecule has 1 N–H and O–H groups in total. The molecule has 0 aliphatic heterocycles. The van der Waals surface area contributed by atoms with Crippen LogP contribution >= 0.6 is 0 Å². The molecular weight excluding hydrogens is 328 g/mol. The normalized spacial score (nSPS) is 12.7. The summed E-state index contributed by atoms with van der Waals surface area (Å²) in [6, 6.07) is 0. The van der Waals surface area contributed by atoms with Crippen molar-refractivity contribution in [1.29, 1.82) is 0 Å². The van der Waals surface area contributed by atoms with Crippen molar-refractivity contribution in [1.82, 2.24) is 0 Å². The molecular formula is C17H30O6Si. The number of carboxylic acids is 1. The third-order valence-electron chi connectivity index (χ3n) is 4.20. The second-order valence-electron chi connectivity index (χ2n) is 6.84. The number of carboxylic acid groups (broad SMARTS) is 1. The number of carbonyl (C=O) groups excluding carboxylic acids is 2. The van der Waals surface area contributed by atoms with Crippen LogP contribution in [-0.2, 0) is 23.5 Å². The molecule has 0 rings (SSSR count). The fourth-order valence-electron chi connectivity index (χ4n) is 3.19. The first-order valence-electron chi connectivity index (χ1n) is 8.25.